The fourth-order valence-corrected chi connectivity index (χ4v) is 2.95. The number of nitrogens with two attached hydrogens (primary N) is 1. The summed E-state index contributed by atoms with van der Waals surface area (Å²) in [5.74, 6) is 6.80. The SMILES string of the molecule is CCSc1ccc(C(NN)c2ccc(C)c(Cl)c2)cc1. The predicted molar refractivity (Wildman–Crippen MR) is 88.2 cm³/mol. The molecule has 106 valence electrons. The van der Waals surface area contributed by atoms with Gasteiger partial charge in [-0.25, -0.2) is 5.43 Å². The Labute approximate surface area is 129 Å². The molecule has 1 atom stereocenters. The summed E-state index contributed by atoms with van der Waals surface area (Å²) < 4.78 is 0. The quantitative estimate of drug-likeness (QED) is 0.491. The molecule has 0 saturated heterocycles. The third-order valence-electron chi connectivity index (χ3n) is 3.22. The molecular formula is C16H19ClN2S. The molecule has 2 aromatic rings. The van der Waals surface area contributed by atoms with Gasteiger partial charge in [-0.15, -0.1) is 11.8 Å². The van der Waals surface area contributed by atoms with Gasteiger partial charge in [0.25, 0.3) is 0 Å². The maximum absolute atomic E-state index is 6.20. The number of benzene rings is 2. The van der Waals surface area contributed by atoms with Crippen LogP contribution >= 0.6 is 23.4 Å². The molecule has 2 aromatic carbocycles. The largest absolute Gasteiger partial charge is 0.271 e. The van der Waals surface area contributed by atoms with Gasteiger partial charge in [0.05, 0.1) is 6.04 Å². The molecule has 0 amide bonds. The van der Waals surface area contributed by atoms with Crippen molar-refractivity contribution >= 4 is 23.4 Å². The lowest BCUT2D eigenvalue weighted by atomic mass is 9.98. The minimum absolute atomic E-state index is 0.0474. The second-order valence-electron chi connectivity index (χ2n) is 4.61. The highest BCUT2D eigenvalue weighted by molar-refractivity contribution is 7.99. The van der Waals surface area contributed by atoms with E-state index in [1.165, 1.54) is 4.90 Å². The van der Waals surface area contributed by atoms with Gasteiger partial charge >= 0.3 is 0 Å². The number of rotatable bonds is 5. The van der Waals surface area contributed by atoms with Crippen LogP contribution in [0, 0.1) is 6.92 Å². The van der Waals surface area contributed by atoms with Crippen molar-refractivity contribution < 1.29 is 0 Å². The van der Waals surface area contributed by atoms with Crippen LogP contribution in [-0.2, 0) is 0 Å². The standard InChI is InChI=1S/C16H19ClN2S/c1-3-20-14-8-6-12(7-9-14)16(19-18)13-5-4-11(2)15(17)10-13/h4-10,16,19H,3,18H2,1-2H3. The number of hydrogen-bond donors (Lipinski definition) is 2. The zero-order valence-electron chi connectivity index (χ0n) is 11.7. The summed E-state index contributed by atoms with van der Waals surface area (Å²) in [6.45, 7) is 4.14. The molecule has 0 aliphatic carbocycles. The average Bonchev–Trinajstić information content (AvgIpc) is 2.46. The van der Waals surface area contributed by atoms with Crippen LogP contribution in [0.2, 0.25) is 5.02 Å². The zero-order chi connectivity index (χ0) is 14.5. The van der Waals surface area contributed by atoms with Gasteiger partial charge in [0.2, 0.25) is 0 Å². The van der Waals surface area contributed by atoms with Crippen LogP contribution in [0.15, 0.2) is 47.4 Å². The van der Waals surface area contributed by atoms with Crippen molar-refractivity contribution in [1.82, 2.24) is 5.43 Å². The van der Waals surface area contributed by atoms with E-state index >= 15 is 0 Å². The van der Waals surface area contributed by atoms with E-state index in [0.29, 0.717) is 0 Å². The molecule has 0 radical (unpaired) electrons. The molecule has 0 aliphatic rings. The lowest BCUT2D eigenvalue weighted by Crippen LogP contribution is -2.28. The number of thioether (sulfide) groups is 1. The highest BCUT2D eigenvalue weighted by atomic mass is 35.5. The summed E-state index contributed by atoms with van der Waals surface area (Å²) in [6.07, 6.45) is 0. The van der Waals surface area contributed by atoms with E-state index in [1.807, 2.05) is 30.8 Å². The highest BCUT2D eigenvalue weighted by Crippen LogP contribution is 2.27. The van der Waals surface area contributed by atoms with Crippen molar-refractivity contribution in [1.29, 1.82) is 0 Å². The smallest absolute Gasteiger partial charge is 0.0710 e. The van der Waals surface area contributed by atoms with Crippen molar-refractivity contribution in [2.24, 2.45) is 5.84 Å². The second kappa shape index (κ2) is 7.14. The van der Waals surface area contributed by atoms with E-state index in [4.69, 9.17) is 17.4 Å². The van der Waals surface area contributed by atoms with Crippen LogP contribution in [-0.4, -0.2) is 5.75 Å². The van der Waals surface area contributed by atoms with Crippen LogP contribution in [0.1, 0.15) is 29.7 Å². The summed E-state index contributed by atoms with van der Waals surface area (Å²) in [4.78, 5) is 1.27. The van der Waals surface area contributed by atoms with Gasteiger partial charge in [-0.3, -0.25) is 5.84 Å². The molecule has 2 nitrogen and oxygen atoms in total. The van der Waals surface area contributed by atoms with Crippen LogP contribution in [0.4, 0.5) is 0 Å². The van der Waals surface area contributed by atoms with Gasteiger partial charge in [-0.1, -0.05) is 42.8 Å². The second-order valence-corrected chi connectivity index (χ2v) is 6.35. The summed E-state index contributed by atoms with van der Waals surface area (Å²) in [5.41, 5.74) is 6.14. The molecule has 0 spiro atoms. The Balaban J connectivity index is 2.29. The van der Waals surface area contributed by atoms with Crippen LogP contribution in [0.3, 0.4) is 0 Å². The van der Waals surface area contributed by atoms with Gasteiger partial charge < -0.3 is 0 Å². The van der Waals surface area contributed by atoms with Crippen molar-refractivity contribution in [3.8, 4) is 0 Å². The molecule has 0 bridgehead atoms. The predicted octanol–water partition coefficient (Wildman–Crippen LogP) is 4.31. The molecule has 0 saturated carbocycles. The first-order chi connectivity index (χ1) is 9.65. The van der Waals surface area contributed by atoms with E-state index in [-0.39, 0.29) is 6.04 Å². The summed E-state index contributed by atoms with van der Waals surface area (Å²) in [5, 5.41) is 0.765. The van der Waals surface area contributed by atoms with Crippen molar-refractivity contribution in [3.63, 3.8) is 0 Å². The minimum atomic E-state index is -0.0474. The molecule has 0 aliphatic heterocycles. The van der Waals surface area contributed by atoms with Gasteiger partial charge in [0.1, 0.15) is 0 Å². The number of hydrazine groups is 1. The maximum Gasteiger partial charge on any atom is 0.0710 e. The Hall–Kier alpha value is -1.00. The first-order valence-corrected chi connectivity index (χ1v) is 7.97. The van der Waals surface area contributed by atoms with Gasteiger partial charge in [-0.2, -0.15) is 0 Å². The molecule has 1 unspecified atom stereocenters. The van der Waals surface area contributed by atoms with E-state index in [0.717, 1.165) is 27.5 Å². The van der Waals surface area contributed by atoms with Crippen LogP contribution in [0.5, 0.6) is 0 Å². The van der Waals surface area contributed by atoms with Crippen molar-refractivity contribution in [2.45, 2.75) is 24.8 Å². The number of nitrogens with one attached hydrogen (secondary N) is 1. The molecule has 0 aromatic heterocycles. The Morgan fingerprint density at radius 1 is 1.15 bits per heavy atom. The van der Waals surface area contributed by atoms with Crippen LogP contribution in [0.25, 0.3) is 0 Å². The van der Waals surface area contributed by atoms with E-state index in [9.17, 15) is 0 Å². The number of halogens is 1. The Morgan fingerprint density at radius 3 is 2.35 bits per heavy atom. The number of aryl methyl sites for hydroxylation is 1. The topological polar surface area (TPSA) is 38.0 Å². The van der Waals surface area contributed by atoms with E-state index in [1.54, 1.807) is 0 Å². The molecule has 20 heavy (non-hydrogen) atoms. The van der Waals surface area contributed by atoms with E-state index in [2.05, 4.69) is 42.7 Å². The minimum Gasteiger partial charge on any atom is -0.271 e. The molecular weight excluding hydrogens is 288 g/mol. The lowest BCUT2D eigenvalue weighted by Gasteiger charge is -2.18. The third kappa shape index (κ3) is 3.55. The Morgan fingerprint density at radius 2 is 1.80 bits per heavy atom. The monoisotopic (exact) mass is 306 g/mol. The van der Waals surface area contributed by atoms with Gasteiger partial charge in [0.15, 0.2) is 0 Å². The molecule has 2 rings (SSSR count). The Kier molecular flexibility index (Phi) is 5.49. The fourth-order valence-electron chi connectivity index (χ4n) is 2.10. The number of hydrogen-bond acceptors (Lipinski definition) is 3. The third-order valence-corrected chi connectivity index (χ3v) is 4.52. The summed E-state index contributed by atoms with van der Waals surface area (Å²) in [6, 6.07) is 14.5. The van der Waals surface area contributed by atoms with E-state index < -0.39 is 0 Å². The molecule has 4 heteroatoms. The van der Waals surface area contributed by atoms with Gasteiger partial charge in [0, 0.05) is 9.92 Å². The maximum atomic E-state index is 6.20. The summed E-state index contributed by atoms with van der Waals surface area (Å²) >= 11 is 8.03. The normalized spacial score (nSPS) is 12.4. The molecule has 0 fully saturated rings. The molecule has 3 N–H and O–H groups in total. The zero-order valence-corrected chi connectivity index (χ0v) is 13.3. The van der Waals surface area contributed by atoms with Crippen LogP contribution < -0.4 is 11.3 Å². The first-order valence-electron chi connectivity index (χ1n) is 6.60. The average molecular weight is 307 g/mol. The highest BCUT2D eigenvalue weighted by Gasteiger charge is 2.13. The van der Waals surface area contributed by atoms with Gasteiger partial charge in [-0.05, 0) is 47.6 Å². The Bertz CT molecular complexity index is 569. The van der Waals surface area contributed by atoms with Crippen molar-refractivity contribution in [3.05, 3.63) is 64.2 Å². The fraction of sp³-hybridized carbons (Fsp3) is 0.250. The lowest BCUT2D eigenvalue weighted by molar-refractivity contribution is 0.636. The molecule has 0 heterocycles. The van der Waals surface area contributed by atoms with Crippen molar-refractivity contribution in [2.75, 3.05) is 5.75 Å². The first kappa shape index (κ1) is 15.4. The summed E-state index contributed by atoms with van der Waals surface area (Å²) in [7, 11) is 0.